The lowest BCUT2D eigenvalue weighted by Crippen LogP contribution is -2.47. The van der Waals surface area contributed by atoms with Crippen molar-refractivity contribution in [1.29, 1.82) is 0 Å². The van der Waals surface area contributed by atoms with Crippen LogP contribution in [-0.4, -0.2) is 124 Å². The molecule has 13 aromatic rings. The predicted molar refractivity (Wildman–Crippen MR) is 483 cm³/mol. The van der Waals surface area contributed by atoms with Gasteiger partial charge in [-0.3, -0.25) is 8.78 Å². The van der Waals surface area contributed by atoms with Crippen molar-refractivity contribution in [3.05, 3.63) is 214 Å². The minimum Gasteiger partial charge on any atom is -0.508 e. The summed E-state index contributed by atoms with van der Waals surface area (Å²) in [4.78, 5) is 9.47. The normalized spacial score (nSPS) is 24.4. The van der Waals surface area contributed by atoms with E-state index in [0.29, 0.717) is 64.4 Å². The van der Waals surface area contributed by atoms with Crippen LogP contribution in [0.25, 0.3) is 68.3 Å². The van der Waals surface area contributed by atoms with Gasteiger partial charge in [0.05, 0.1) is 55.9 Å². The Morgan fingerprint density at radius 1 is 0.372 bits per heavy atom. The molecule has 30 heteroatoms. The number of phenolic OH excluding ortho intramolecular Hbond substituents is 2. The standard InChI is InChI=1S/C33H32FN5O3.C26H26FN5O3.C20H25ClFN3O.C19H23ClFN3O.CH4/c1-39-29(26-13-12-25(20-27(26)40-2)41-21-22-6-4-3-5-7-22)36-37-30(39)32-14-17-33(18-15-32,19-16-32)31-35-28(38-42-31)23-8-10-24(34)11-9-23;1-32-22(19-8-7-18(33)15-20(19)34-2)29-30-23(32)25-9-12-26(13-10-25,14-11-25)24-28-21(31-35-24)16-3-5-17(27)6-4-16;1-25-17(15-4-3-14(26-2)13-16(15)21)23-24-18(25)20-8-5-19(6-9-20,7-10-20)11-12-22;1-24-16(14-3-2-13(25)12-15(14)20)22-23-17(24)19-7-4-18(5-8-19,6-9-19)10-11-21;/h3-13,20H,14-19,21H2,1-2H3;3-8,15,33H,9-14H2,1-2H3;3-4,13H,5-12H2,1-2H3;2-3,12,25H,4-11H2,1H3;1H4. The van der Waals surface area contributed by atoms with Crippen molar-refractivity contribution < 1.29 is 55.8 Å². The summed E-state index contributed by atoms with van der Waals surface area (Å²) in [6, 6.07) is 43.8. The number of nitrogens with zero attached hydrogens (tertiary/aromatic N) is 16. The maximum Gasteiger partial charge on any atom is 0.233 e. The quantitative estimate of drug-likeness (QED) is 0.0596. The van der Waals surface area contributed by atoms with E-state index in [1.807, 2.05) is 93.4 Å². The molecular formula is C99H110Cl2F4N16O8. The lowest BCUT2D eigenvalue weighted by Gasteiger charge is -2.52. The number of methoxy groups -OCH3 is 3. The van der Waals surface area contributed by atoms with Gasteiger partial charge in [-0.2, -0.15) is 9.97 Å². The SMILES string of the molecule is C.COc1cc(O)ccc1-c1nnc(C23CCC(c4nc(-c5ccc(F)cc5)no4)(CC2)CC3)n1C.COc1cc(OCc2ccccc2)ccc1-c1nnc(C23CCC(c4nc(-c5ccc(F)cc5)no4)(CC2)CC3)n1C.COc1ccc(-c2nnc(C34CCC(CCF)(CC3)CC4)n2C)c(Cl)c1.Cn1c(-c2ccc(O)cc2Cl)nnc1C12CCC(CCF)(CC1)CC2. The zero-order chi connectivity index (χ0) is 89.0. The fourth-order valence-corrected chi connectivity index (χ4v) is 23.0. The Balaban J connectivity index is 0.000000123. The molecule has 24 nitrogen and oxygen atoms in total. The molecule has 8 bridgehead atoms. The van der Waals surface area contributed by atoms with E-state index in [-0.39, 0.29) is 87.2 Å². The van der Waals surface area contributed by atoms with Crippen LogP contribution in [0.4, 0.5) is 17.6 Å². The molecular weight excluding hydrogens is 1690 g/mol. The van der Waals surface area contributed by atoms with Crippen LogP contribution in [0, 0.1) is 22.5 Å². The highest BCUT2D eigenvalue weighted by Gasteiger charge is 2.58. The number of hydrogen-bond acceptors (Lipinski definition) is 20. The molecule has 0 spiro atoms. The minimum atomic E-state index is -0.289. The molecule has 12 fully saturated rings. The smallest absolute Gasteiger partial charge is 0.233 e. The summed E-state index contributed by atoms with van der Waals surface area (Å²) in [7, 11) is 12.9. The summed E-state index contributed by atoms with van der Waals surface area (Å²) < 4.78 is 94.9. The maximum absolute atomic E-state index is 13.4. The molecule has 6 aromatic heterocycles. The Bertz CT molecular complexity index is 6070. The first-order valence-electron chi connectivity index (χ1n) is 44.4. The molecule has 6 heterocycles. The molecule has 12 aliphatic carbocycles. The fraction of sp³-hybridized carbons (Fsp3) is 0.455. The average molecular weight is 1800 g/mol. The van der Waals surface area contributed by atoms with Crippen molar-refractivity contribution in [3.8, 4) is 103 Å². The highest BCUT2D eigenvalue weighted by Crippen LogP contribution is 2.63. The van der Waals surface area contributed by atoms with Crippen LogP contribution in [0.2, 0.25) is 10.0 Å². The van der Waals surface area contributed by atoms with Crippen LogP contribution in [0.15, 0.2) is 161 Å². The van der Waals surface area contributed by atoms with Gasteiger partial charge in [0, 0.05) is 95.1 Å². The predicted octanol–water partition coefficient (Wildman–Crippen LogP) is 22.3. The van der Waals surface area contributed by atoms with Crippen LogP contribution in [-0.2, 0) is 67.3 Å². The molecule has 0 atom stereocenters. The summed E-state index contributed by atoms with van der Waals surface area (Å²) >= 11 is 12.7. The Labute approximate surface area is 758 Å². The summed E-state index contributed by atoms with van der Waals surface area (Å²) in [6.45, 7) is 0.0795. The Morgan fingerprint density at radius 3 is 1.08 bits per heavy atom. The average Bonchev–Trinajstić information content (AvgIpc) is 1.67. The second-order valence-corrected chi connectivity index (χ2v) is 37.9. The van der Waals surface area contributed by atoms with E-state index < -0.39 is 0 Å². The first-order chi connectivity index (χ1) is 61.9. The molecule has 129 heavy (non-hydrogen) atoms. The monoisotopic (exact) mass is 1800 g/mol. The van der Waals surface area contributed by atoms with Crippen molar-refractivity contribution in [1.82, 2.24) is 79.3 Å². The van der Waals surface area contributed by atoms with E-state index in [1.54, 1.807) is 82.0 Å². The Kier molecular flexibility index (Phi) is 25.0. The third-order valence-corrected chi connectivity index (χ3v) is 31.2. The summed E-state index contributed by atoms with van der Waals surface area (Å²) in [5, 5.41) is 65.4. The number of rotatable bonds is 22. The number of hydrogen-bond donors (Lipinski definition) is 2. The molecule has 12 saturated carbocycles. The van der Waals surface area contributed by atoms with Gasteiger partial charge in [0.2, 0.25) is 23.4 Å². The van der Waals surface area contributed by atoms with E-state index in [4.69, 9.17) is 66.3 Å². The van der Waals surface area contributed by atoms with Gasteiger partial charge in [-0.25, -0.2) is 8.78 Å². The van der Waals surface area contributed by atoms with E-state index in [2.05, 4.69) is 59.7 Å². The molecule has 0 amide bonds. The fourth-order valence-electron chi connectivity index (χ4n) is 22.5. The highest BCUT2D eigenvalue weighted by atomic mass is 35.5. The second kappa shape index (κ2) is 36.1. The van der Waals surface area contributed by atoms with E-state index in [0.717, 1.165) is 251 Å². The maximum atomic E-state index is 13.4. The third-order valence-electron chi connectivity index (χ3n) is 30.6. The second-order valence-electron chi connectivity index (χ2n) is 37.1. The van der Waals surface area contributed by atoms with Gasteiger partial charge in [0.15, 0.2) is 23.3 Å². The van der Waals surface area contributed by atoms with Crippen molar-refractivity contribution in [3.63, 3.8) is 0 Å². The number of aromatic nitrogens is 16. The van der Waals surface area contributed by atoms with Crippen molar-refractivity contribution in [2.75, 3.05) is 34.7 Å². The first kappa shape index (κ1) is 89.5. The zero-order valence-electron chi connectivity index (χ0n) is 73.2. The van der Waals surface area contributed by atoms with Crippen LogP contribution >= 0.6 is 23.2 Å². The molecule has 12 aliphatic rings. The van der Waals surface area contributed by atoms with Crippen LogP contribution in [0.5, 0.6) is 34.5 Å². The molecule has 25 rings (SSSR count). The number of alkyl halides is 2. The molecule has 2 N–H and O–H groups in total. The lowest BCUT2D eigenvalue weighted by molar-refractivity contribution is 0.0220. The van der Waals surface area contributed by atoms with Crippen molar-refractivity contribution >= 4 is 23.2 Å². The van der Waals surface area contributed by atoms with E-state index in [9.17, 15) is 27.8 Å². The van der Waals surface area contributed by atoms with Gasteiger partial charge in [-0.05, 0) is 293 Å². The first-order valence-corrected chi connectivity index (χ1v) is 45.2. The largest absolute Gasteiger partial charge is 0.508 e. The van der Waals surface area contributed by atoms with Crippen LogP contribution in [0.1, 0.15) is 215 Å². The van der Waals surface area contributed by atoms with Crippen LogP contribution < -0.4 is 18.9 Å². The van der Waals surface area contributed by atoms with Gasteiger partial charge >= 0.3 is 0 Å². The van der Waals surface area contributed by atoms with Crippen molar-refractivity contribution in [2.24, 2.45) is 39.0 Å². The molecule has 0 aliphatic heterocycles. The van der Waals surface area contributed by atoms with Gasteiger partial charge in [-0.15, -0.1) is 40.8 Å². The highest BCUT2D eigenvalue weighted by molar-refractivity contribution is 6.33. The van der Waals surface area contributed by atoms with Gasteiger partial charge in [-0.1, -0.05) is 71.3 Å². The van der Waals surface area contributed by atoms with Crippen molar-refractivity contribution in [2.45, 2.75) is 213 Å². The number of aromatic hydroxyl groups is 2. The number of halogens is 6. The number of fused-ring (bicyclic) bond motifs is 12. The third kappa shape index (κ3) is 16.8. The minimum absolute atomic E-state index is 0. The lowest BCUT2D eigenvalue weighted by atomic mass is 9.52. The molecule has 0 saturated heterocycles. The molecule has 676 valence electrons. The van der Waals surface area contributed by atoms with Crippen LogP contribution in [0.3, 0.4) is 0 Å². The number of benzene rings is 7. The van der Waals surface area contributed by atoms with Gasteiger partial charge in [0.25, 0.3) is 0 Å². The number of ether oxygens (including phenoxy) is 4. The Hall–Kier alpha value is -11.5. The van der Waals surface area contributed by atoms with Gasteiger partial charge < -0.3 is 56.5 Å². The summed E-state index contributed by atoms with van der Waals surface area (Å²) in [6.07, 6.45) is 25.8. The summed E-state index contributed by atoms with van der Waals surface area (Å²) in [5.41, 5.74) is 6.14. The Morgan fingerprint density at radius 2 is 0.705 bits per heavy atom. The molecule has 0 radical (unpaired) electrons. The topological polar surface area (TPSA) is 278 Å². The summed E-state index contributed by atoms with van der Waals surface area (Å²) in [5.74, 6) is 11.8. The number of phenols is 2. The zero-order valence-corrected chi connectivity index (χ0v) is 74.7. The molecule has 0 unspecified atom stereocenters. The molecule has 7 aromatic carbocycles. The van der Waals surface area contributed by atoms with E-state index >= 15 is 0 Å². The van der Waals surface area contributed by atoms with Gasteiger partial charge in [0.1, 0.15) is 76.0 Å². The van der Waals surface area contributed by atoms with E-state index in [1.165, 1.54) is 30.3 Å².